The monoisotopic (exact) mass is 633 g/mol. The Labute approximate surface area is 236 Å². The minimum atomic E-state index is -4.94. The SMILES string of the molecule is C(=NCCN(CCN=Cc1ncc[nH]1)CCN=Cc1ncc[nH]1)c1ncc[nH]1.[Mn+2].[O-][Cl+3]([O-])([O-])[O-].[O-][Cl+3]([O-])([O-])[O-]. The zero-order chi connectivity index (χ0) is 28.3. The number of aromatic nitrogens is 6. The van der Waals surface area contributed by atoms with Crippen molar-refractivity contribution in [2.75, 3.05) is 39.3 Å². The maximum atomic E-state index is 8.49. The molecule has 21 heteroatoms. The van der Waals surface area contributed by atoms with E-state index in [-0.39, 0.29) is 17.1 Å². The second kappa shape index (κ2) is 20.3. The second-order valence-electron chi connectivity index (χ2n) is 6.63. The van der Waals surface area contributed by atoms with Crippen molar-refractivity contribution in [1.82, 2.24) is 34.8 Å². The Hall–Kier alpha value is -2.62. The predicted molar refractivity (Wildman–Crippen MR) is 110 cm³/mol. The first-order chi connectivity index (χ1) is 17.9. The number of halogens is 2. The van der Waals surface area contributed by atoms with Gasteiger partial charge in [0, 0.05) is 56.8 Å². The molecule has 0 fully saturated rings. The van der Waals surface area contributed by atoms with Crippen LogP contribution in [0, 0.1) is 20.5 Å². The molecule has 0 bridgehead atoms. The summed E-state index contributed by atoms with van der Waals surface area (Å²) in [6.07, 6.45) is 15.7. The van der Waals surface area contributed by atoms with Gasteiger partial charge in [0.2, 0.25) is 0 Å². The molecular formula is C18H24Cl2MnN10O8. The standard InChI is InChI=1S/C18H24N10.2ClHO4.Mn/c1-2-23-16(22-1)13-19-7-10-28(11-8-20-14-17-24-3-4-25-17)12-9-21-15-18-26-5-6-27-18;2*2-1(3,4)5;/h1-6,13-15H,7-12H2,(H,22,23)(H,24,25)(H,26,27);2*(H,2,3,4,5);/q;;;+2/p-2. The minimum Gasteiger partial charge on any atom is -0.344 e. The van der Waals surface area contributed by atoms with E-state index in [1.54, 1.807) is 55.8 Å². The van der Waals surface area contributed by atoms with Crippen LogP contribution in [0.3, 0.4) is 0 Å². The van der Waals surface area contributed by atoms with Gasteiger partial charge in [0.25, 0.3) is 0 Å². The van der Waals surface area contributed by atoms with E-state index in [0.29, 0.717) is 19.6 Å². The molecule has 215 valence electrons. The van der Waals surface area contributed by atoms with Gasteiger partial charge in [-0.1, -0.05) is 0 Å². The Bertz CT molecular complexity index is 905. The maximum Gasteiger partial charge on any atom is 2.00 e. The van der Waals surface area contributed by atoms with Crippen molar-refractivity contribution < 1.29 is 74.8 Å². The Morgan fingerprint density at radius 2 is 0.846 bits per heavy atom. The van der Waals surface area contributed by atoms with E-state index in [0.717, 1.165) is 37.1 Å². The number of nitrogens with zero attached hydrogens (tertiary/aromatic N) is 7. The van der Waals surface area contributed by atoms with Gasteiger partial charge in [-0.3, -0.25) is 19.9 Å². The van der Waals surface area contributed by atoms with Crippen LogP contribution in [0.2, 0.25) is 0 Å². The first-order valence-corrected chi connectivity index (χ1v) is 12.8. The van der Waals surface area contributed by atoms with Gasteiger partial charge in [-0.05, 0) is 0 Å². The van der Waals surface area contributed by atoms with Crippen LogP contribution in [0.5, 0.6) is 0 Å². The summed E-state index contributed by atoms with van der Waals surface area (Å²) in [7, 11) is -9.89. The molecule has 0 spiro atoms. The van der Waals surface area contributed by atoms with Crippen molar-refractivity contribution in [3.8, 4) is 0 Å². The minimum absolute atomic E-state index is 0. The summed E-state index contributed by atoms with van der Waals surface area (Å²) in [6.45, 7) is 4.52. The smallest absolute Gasteiger partial charge is 0.344 e. The zero-order valence-electron chi connectivity index (χ0n) is 20.0. The Balaban J connectivity index is 0.00000113. The molecule has 18 nitrogen and oxygen atoms in total. The number of hydrogen-bond acceptors (Lipinski definition) is 15. The summed E-state index contributed by atoms with van der Waals surface area (Å²) in [5, 5.41) is 0. The van der Waals surface area contributed by atoms with Gasteiger partial charge in [-0.25, -0.2) is 52.2 Å². The summed E-state index contributed by atoms with van der Waals surface area (Å²) in [5.41, 5.74) is 0. The molecule has 0 saturated carbocycles. The van der Waals surface area contributed by atoms with Gasteiger partial charge in [-0.15, -0.1) is 20.5 Å². The van der Waals surface area contributed by atoms with E-state index in [1.165, 1.54) is 0 Å². The van der Waals surface area contributed by atoms with Crippen LogP contribution in [-0.2, 0) is 17.1 Å². The van der Waals surface area contributed by atoms with Crippen molar-refractivity contribution in [2.45, 2.75) is 0 Å². The Morgan fingerprint density at radius 3 is 1.05 bits per heavy atom. The fourth-order valence-electron chi connectivity index (χ4n) is 2.43. The van der Waals surface area contributed by atoms with Crippen LogP contribution in [0.25, 0.3) is 0 Å². The zero-order valence-corrected chi connectivity index (χ0v) is 22.7. The fraction of sp³-hybridized carbons (Fsp3) is 0.333. The molecular weight excluding hydrogens is 610 g/mol. The molecule has 0 aromatic carbocycles. The van der Waals surface area contributed by atoms with Gasteiger partial charge < -0.3 is 15.0 Å². The largest absolute Gasteiger partial charge is 2.00 e. The van der Waals surface area contributed by atoms with E-state index >= 15 is 0 Å². The summed E-state index contributed by atoms with van der Waals surface area (Å²) in [6, 6.07) is 0. The number of hydrogen-bond donors (Lipinski definition) is 3. The van der Waals surface area contributed by atoms with Crippen LogP contribution >= 0.6 is 0 Å². The summed E-state index contributed by atoms with van der Waals surface area (Å²) >= 11 is 0. The van der Waals surface area contributed by atoms with Crippen LogP contribution in [0.15, 0.2) is 52.2 Å². The normalized spacial score (nSPS) is 11.9. The predicted octanol–water partition coefficient (Wildman–Crippen LogP) is -8.70. The van der Waals surface area contributed by atoms with Crippen LogP contribution in [0.1, 0.15) is 17.5 Å². The third-order valence-electron chi connectivity index (χ3n) is 3.83. The van der Waals surface area contributed by atoms with Gasteiger partial charge in [-0.2, -0.15) is 0 Å². The first-order valence-electron chi connectivity index (χ1n) is 10.3. The van der Waals surface area contributed by atoms with Gasteiger partial charge in [0.05, 0.1) is 38.3 Å². The maximum absolute atomic E-state index is 8.49. The van der Waals surface area contributed by atoms with Crippen molar-refractivity contribution in [3.05, 3.63) is 54.7 Å². The summed E-state index contributed by atoms with van der Waals surface area (Å²) in [5.74, 6) is 2.29. The topological polar surface area (TPSA) is 311 Å². The quantitative estimate of drug-likeness (QED) is 0.124. The number of rotatable bonds is 12. The molecule has 3 heterocycles. The average Bonchev–Trinajstić information content (AvgIpc) is 3.58. The Kier molecular flexibility index (Phi) is 18.9. The van der Waals surface area contributed by atoms with Crippen LogP contribution in [0.4, 0.5) is 0 Å². The van der Waals surface area contributed by atoms with Gasteiger partial charge in [0.1, 0.15) is 17.5 Å². The van der Waals surface area contributed by atoms with Gasteiger partial charge in [0.15, 0.2) is 0 Å². The number of H-pyrrole nitrogens is 3. The van der Waals surface area contributed by atoms with Gasteiger partial charge >= 0.3 is 17.1 Å². The number of aliphatic imine (C=N–C) groups is 3. The van der Waals surface area contributed by atoms with Crippen molar-refractivity contribution in [1.29, 1.82) is 0 Å². The molecule has 0 atom stereocenters. The first kappa shape index (κ1) is 36.4. The fourth-order valence-corrected chi connectivity index (χ4v) is 2.43. The molecule has 0 amide bonds. The number of imidazole rings is 3. The van der Waals surface area contributed by atoms with Crippen LogP contribution in [-0.4, -0.2) is 92.7 Å². The van der Waals surface area contributed by atoms with Crippen molar-refractivity contribution in [2.24, 2.45) is 15.0 Å². The molecule has 1 radical (unpaired) electrons. The molecule has 0 aliphatic carbocycles. The molecule has 0 unspecified atom stereocenters. The second-order valence-corrected chi connectivity index (χ2v) is 8.14. The molecule has 0 aliphatic rings. The summed E-state index contributed by atoms with van der Waals surface area (Å²) < 4.78 is 67.9. The molecule has 39 heavy (non-hydrogen) atoms. The number of nitrogens with one attached hydrogen (secondary N) is 3. The molecule has 0 aliphatic heterocycles. The molecule has 3 N–H and O–H groups in total. The molecule has 3 aromatic heterocycles. The van der Waals surface area contributed by atoms with E-state index in [9.17, 15) is 0 Å². The summed E-state index contributed by atoms with van der Waals surface area (Å²) in [4.78, 5) is 37.0. The van der Waals surface area contributed by atoms with E-state index in [2.05, 4.69) is 49.8 Å². The molecule has 3 rings (SSSR count). The average molecular weight is 634 g/mol. The van der Waals surface area contributed by atoms with Crippen molar-refractivity contribution in [3.63, 3.8) is 0 Å². The molecule has 3 aromatic rings. The van der Waals surface area contributed by atoms with E-state index in [1.807, 2.05) is 0 Å². The molecule has 0 saturated heterocycles. The van der Waals surface area contributed by atoms with Crippen molar-refractivity contribution >= 4 is 18.6 Å². The number of aromatic amines is 3. The third-order valence-corrected chi connectivity index (χ3v) is 3.83. The van der Waals surface area contributed by atoms with Crippen LogP contribution < -0.4 is 37.3 Å². The Morgan fingerprint density at radius 1 is 0.590 bits per heavy atom. The third kappa shape index (κ3) is 25.4. The van der Waals surface area contributed by atoms with E-state index in [4.69, 9.17) is 37.3 Å². The van der Waals surface area contributed by atoms with E-state index < -0.39 is 20.5 Å².